The van der Waals surface area contributed by atoms with Gasteiger partial charge in [-0.05, 0) is 30.3 Å². The lowest BCUT2D eigenvalue weighted by Gasteiger charge is -2.07. The van der Waals surface area contributed by atoms with Gasteiger partial charge in [-0.2, -0.15) is 0 Å². The molecule has 0 aliphatic heterocycles. The Balaban J connectivity index is 2.05. The number of carboxylic acids is 1. The Hall–Kier alpha value is -3.61. The van der Waals surface area contributed by atoms with Gasteiger partial charge in [0.1, 0.15) is 17.1 Å². The van der Waals surface area contributed by atoms with Crippen LogP contribution in [0.4, 0.5) is 0 Å². The molecule has 0 radical (unpaired) electrons. The van der Waals surface area contributed by atoms with Gasteiger partial charge in [0, 0.05) is 17.8 Å². The minimum Gasteiger partial charge on any atom is -0.497 e. The summed E-state index contributed by atoms with van der Waals surface area (Å²) in [6.45, 7) is 0. The van der Waals surface area contributed by atoms with Crippen LogP contribution in [0.15, 0.2) is 53.5 Å². The first-order valence-electron chi connectivity index (χ1n) is 7.50. The molecule has 0 aliphatic carbocycles. The van der Waals surface area contributed by atoms with Crippen LogP contribution in [0.5, 0.6) is 5.75 Å². The van der Waals surface area contributed by atoms with Gasteiger partial charge in [-0.15, -0.1) is 0 Å². The van der Waals surface area contributed by atoms with Gasteiger partial charge < -0.3 is 14.8 Å². The zero-order valence-electron chi connectivity index (χ0n) is 13.2. The lowest BCUT2D eigenvalue weighted by atomic mass is 10.1. The van der Waals surface area contributed by atoms with E-state index in [0.717, 1.165) is 5.52 Å². The first kappa shape index (κ1) is 14.9. The molecule has 0 amide bonds. The van der Waals surface area contributed by atoms with E-state index in [0.29, 0.717) is 28.2 Å². The Morgan fingerprint density at radius 2 is 2.08 bits per heavy atom. The lowest BCUT2D eigenvalue weighted by molar-refractivity contribution is 0.0695. The second kappa shape index (κ2) is 5.48. The number of pyridine rings is 2. The van der Waals surface area contributed by atoms with Crippen molar-refractivity contribution in [2.75, 3.05) is 7.11 Å². The van der Waals surface area contributed by atoms with Gasteiger partial charge >= 0.3 is 5.97 Å². The van der Waals surface area contributed by atoms with Crippen LogP contribution < -0.4 is 10.3 Å². The number of aromatic carboxylic acids is 1. The van der Waals surface area contributed by atoms with Gasteiger partial charge in [0.05, 0.1) is 23.7 Å². The average molecular weight is 335 g/mol. The molecule has 0 unspecified atom stereocenters. The molecule has 7 nitrogen and oxygen atoms in total. The molecular weight excluding hydrogens is 322 g/mol. The van der Waals surface area contributed by atoms with Crippen molar-refractivity contribution in [1.29, 1.82) is 0 Å². The predicted octanol–water partition coefficient (Wildman–Crippen LogP) is 2.55. The maximum atomic E-state index is 12.3. The standard InChI is InChI=1S/C18H13N3O4/c1-25-10-5-6-13-14(8-10)20-16(19-13)11-9-12(18(23)24)17(22)21-7-3-2-4-15(11)21/h2-9H,1H3,(H,19,20)(H,23,24). The molecule has 0 saturated carbocycles. The third-order valence-corrected chi connectivity index (χ3v) is 4.05. The molecule has 3 aromatic heterocycles. The second-order valence-corrected chi connectivity index (χ2v) is 5.51. The summed E-state index contributed by atoms with van der Waals surface area (Å²) < 4.78 is 6.51. The number of nitrogens with one attached hydrogen (secondary N) is 1. The number of aromatic nitrogens is 3. The maximum Gasteiger partial charge on any atom is 0.341 e. The lowest BCUT2D eigenvalue weighted by Crippen LogP contribution is -2.22. The van der Waals surface area contributed by atoms with Gasteiger partial charge in [0.2, 0.25) is 0 Å². The predicted molar refractivity (Wildman–Crippen MR) is 92.3 cm³/mol. The number of carboxylic acid groups (broad SMARTS) is 1. The van der Waals surface area contributed by atoms with E-state index in [1.165, 1.54) is 10.5 Å². The number of fused-ring (bicyclic) bond motifs is 2. The Bertz CT molecular complexity index is 1190. The minimum atomic E-state index is -1.28. The van der Waals surface area contributed by atoms with E-state index in [4.69, 9.17) is 4.74 Å². The first-order valence-corrected chi connectivity index (χ1v) is 7.50. The number of benzene rings is 1. The fourth-order valence-electron chi connectivity index (χ4n) is 2.84. The molecule has 4 rings (SSSR count). The van der Waals surface area contributed by atoms with Crippen LogP contribution in [0.2, 0.25) is 0 Å². The number of aromatic amines is 1. The van der Waals surface area contributed by atoms with E-state index in [9.17, 15) is 14.7 Å². The van der Waals surface area contributed by atoms with Crippen molar-refractivity contribution in [3.8, 4) is 17.1 Å². The summed E-state index contributed by atoms with van der Waals surface area (Å²) in [7, 11) is 1.58. The number of rotatable bonds is 3. The number of nitrogens with zero attached hydrogens (tertiary/aromatic N) is 2. The molecule has 4 aromatic rings. The van der Waals surface area contributed by atoms with E-state index in [2.05, 4.69) is 9.97 Å². The topological polar surface area (TPSA) is 96.7 Å². The van der Waals surface area contributed by atoms with Gasteiger partial charge in [-0.25, -0.2) is 9.78 Å². The molecule has 1 aromatic carbocycles. The van der Waals surface area contributed by atoms with Gasteiger partial charge in [0.15, 0.2) is 0 Å². The number of hydrogen-bond acceptors (Lipinski definition) is 4. The van der Waals surface area contributed by atoms with Crippen LogP contribution >= 0.6 is 0 Å². The highest BCUT2D eigenvalue weighted by Crippen LogP contribution is 2.26. The van der Waals surface area contributed by atoms with E-state index in [1.807, 2.05) is 6.07 Å². The van der Waals surface area contributed by atoms with Crippen molar-refractivity contribution in [3.63, 3.8) is 0 Å². The highest BCUT2D eigenvalue weighted by atomic mass is 16.5. The quantitative estimate of drug-likeness (QED) is 0.600. The second-order valence-electron chi connectivity index (χ2n) is 5.51. The number of H-pyrrole nitrogens is 1. The molecule has 0 bridgehead atoms. The van der Waals surface area contributed by atoms with Crippen molar-refractivity contribution in [2.24, 2.45) is 0 Å². The summed E-state index contributed by atoms with van der Waals surface area (Å²) in [5.41, 5.74) is 1.69. The minimum absolute atomic E-state index is 0.309. The van der Waals surface area contributed by atoms with Crippen molar-refractivity contribution >= 4 is 22.5 Å². The summed E-state index contributed by atoms with van der Waals surface area (Å²) in [6.07, 6.45) is 1.54. The Labute approximate surface area is 141 Å². The highest BCUT2D eigenvalue weighted by Gasteiger charge is 2.17. The number of imidazole rings is 1. The number of carbonyl (C=O) groups is 1. The summed E-state index contributed by atoms with van der Waals surface area (Å²) in [5.74, 6) is -0.111. The van der Waals surface area contributed by atoms with E-state index < -0.39 is 11.5 Å². The van der Waals surface area contributed by atoms with Crippen molar-refractivity contribution in [2.45, 2.75) is 0 Å². The van der Waals surface area contributed by atoms with Crippen molar-refractivity contribution < 1.29 is 14.6 Å². The third-order valence-electron chi connectivity index (χ3n) is 4.05. The van der Waals surface area contributed by atoms with E-state index in [-0.39, 0.29) is 5.56 Å². The van der Waals surface area contributed by atoms with Crippen LogP contribution in [-0.4, -0.2) is 32.6 Å². The first-order chi connectivity index (χ1) is 12.1. The molecule has 0 spiro atoms. The fraction of sp³-hybridized carbons (Fsp3) is 0.0556. The smallest absolute Gasteiger partial charge is 0.341 e. The summed E-state index contributed by atoms with van der Waals surface area (Å²) >= 11 is 0. The van der Waals surface area contributed by atoms with Crippen LogP contribution in [-0.2, 0) is 0 Å². The third kappa shape index (κ3) is 2.33. The van der Waals surface area contributed by atoms with Gasteiger partial charge in [-0.3, -0.25) is 9.20 Å². The molecule has 7 heteroatoms. The van der Waals surface area contributed by atoms with Gasteiger partial charge in [-0.1, -0.05) is 6.07 Å². The normalized spacial score (nSPS) is 11.1. The summed E-state index contributed by atoms with van der Waals surface area (Å²) in [6, 6.07) is 12.0. The molecule has 2 N–H and O–H groups in total. The van der Waals surface area contributed by atoms with Crippen LogP contribution in [0.1, 0.15) is 10.4 Å². The fourth-order valence-corrected chi connectivity index (χ4v) is 2.84. The van der Waals surface area contributed by atoms with Crippen molar-refractivity contribution in [1.82, 2.24) is 14.4 Å². The molecule has 0 saturated heterocycles. The number of ether oxygens (including phenoxy) is 1. The highest BCUT2D eigenvalue weighted by molar-refractivity contribution is 5.92. The molecule has 0 fully saturated rings. The molecular formula is C18H13N3O4. The SMILES string of the molecule is COc1ccc2nc(-c3cc(C(=O)O)c(=O)n4ccccc34)[nH]c2c1. The molecule has 124 valence electrons. The Kier molecular flexibility index (Phi) is 3.28. The average Bonchev–Trinajstić information content (AvgIpc) is 3.04. The summed E-state index contributed by atoms with van der Waals surface area (Å²) in [5, 5.41) is 9.34. The molecule has 3 heterocycles. The maximum absolute atomic E-state index is 12.3. The largest absolute Gasteiger partial charge is 0.497 e. The number of methoxy groups -OCH3 is 1. The van der Waals surface area contributed by atoms with Crippen LogP contribution in [0.25, 0.3) is 27.9 Å². The molecule has 0 aliphatic rings. The zero-order valence-corrected chi connectivity index (χ0v) is 13.2. The monoisotopic (exact) mass is 335 g/mol. The number of hydrogen-bond donors (Lipinski definition) is 2. The van der Waals surface area contributed by atoms with E-state index in [1.54, 1.807) is 43.6 Å². The summed E-state index contributed by atoms with van der Waals surface area (Å²) in [4.78, 5) is 31.5. The molecule has 0 atom stereocenters. The van der Waals surface area contributed by atoms with Crippen LogP contribution in [0.3, 0.4) is 0 Å². The van der Waals surface area contributed by atoms with Crippen LogP contribution in [0, 0.1) is 0 Å². The van der Waals surface area contributed by atoms with Crippen molar-refractivity contribution in [3.05, 3.63) is 64.6 Å². The molecule has 25 heavy (non-hydrogen) atoms. The van der Waals surface area contributed by atoms with Gasteiger partial charge in [0.25, 0.3) is 5.56 Å². The zero-order chi connectivity index (χ0) is 17.6. The Morgan fingerprint density at radius 3 is 2.84 bits per heavy atom. The van der Waals surface area contributed by atoms with E-state index >= 15 is 0 Å². The Morgan fingerprint density at radius 1 is 1.24 bits per heavy atom.